The predicted molar refractivity (Wildman–Crippen MR) is 78.2 cm³/mol. The normalized spacial score (nSPS) is 12.7. The van der Waals surface area contributed by atoms with Gasteiger partial charge in [0.25, 0.3) is 0 Å². The molecule has 1 unspecified atom stereocenters. The molecule has 3 nitrogen and oxygen atoms in total. The molecule has 0 bridgehead atoms. The van der Waals surface area contributed by atoms with Crippen LogP contribution in [-0.2, 0) is 9.47 Å². The number of likely N-dealkylation sites (N-methyl/N-ethyl adjacent to an activating group) is 1. The van der Waals surface area contributed by atoms with Gasteiger partial charge in [-0.25, -0.2) is 4.39 Å². The summed E-state index contributed by atoms with van der Waals surface area (Å²) in [6.07, 6.45) is 0. The van der Waals surface area contributed by atoms with Crippen molar-refractivity contribution in [1.82, 2.24) is 5.32 Å². The predicted octanol–water partition coefficient (Wildman–Crippen LogP) is 3.56. The largest absolute Gasteiger partial charge is 0.382 e. The summed E-state index contributed by atoms with van der Waals surface area (Å²) in [6.45, 7) is 4.03. The van der Waals surface area contributed by atoms with E-state index in [1.165, 1.54) is 0 Å². The summed E-state index contributed by atoms with van der Waals surface area (Å²) >= 11 is 9.10. The van der Waals surface area contributed by atoms with Crippen molar-refractivity contribution < 1.29 is 13.9 Å². The first-order chi connectivity index (χ1) is 9.11. The number of hydrogen-bond acceptors (Lipinski definition) is 3. The van der Waals surface area contributed by atoms with Crippen LogP contribution in [0.2, 0.25) is 5.02 Å². The molecular formula is C13H18BrClFNO2. The van der Waals surface area contributed by atoms with E-state index in [1.807, 2.05) is 6.92 Å². The molecule has 0 aliphatic heterocycles. The van der Waals surface area contributed by atoms with E-state index in [-0.39, 0.29) is 11.1 Å². The number of hydrogen-bond donors (Lipinski definition) is 1. The highest BCUT2D eigenvalue weighted by atomic mass is 79.9. The first-order valence-corrected chi connectivity index (χ1v) is 7.22. The van der Waals surface area contributed by atoms with Crippen molar-refractivity contribution in [1.29, 1.82) is 0 Å². The van der Waals surface area contributed by atoms with Crippen LogP contribution in [0.25, 0.3) is 0 Å². The zero-order valence-electron chi connectivity index (χ0n) is 11.0. The minimum absolute atomic E-state index is 0.0947. The molecule has 0 aromatic heterocycles. The molecule has 0 saturated carbocycles. The maximum atomic E-state index is 14.1. The standard InChI is InChI=1S/C13H18BrClFNO2/c1-3-17-11(8-19-7-6-18-2)9-4-5-10(14)12(15)13(9)16/h4-5,11,17H,3,6-8H2,1-2H3. The summed E-state index contributed by atoms with van der Waals surface area (Å²) in [4.78, 5) is 0. The third-order valence-electron chi connectivity index (χ3n) is 2.61. The van der Waals surface area contributed by atoms with E-state index in [2.05, 4.69) is 21.2 Å². The Morgan fingerprint density at radius 3 is 2.79 bits per heavy atom. The van der Waals surface area contributed by atoms with Crippen molar-refractivity contribution in [2.24, 2.45) is 0 Å². The van der Waals surface area contributed by atoms with Crippen molar-refractivity contribution in [3.05, 3.63) is 33.0 Å². The Labute approximate surface area is 126 Å². The fourth-order valence-electron chi connectivity index (χ4n) is 1.66. The molecule has 0 aliphatic carbocycles. The Bertz CT molecular complexity index is 406. The Balaban J connectivity index is 2.78. The van der Waals surface area contributed by atoms with Gasteiger partial charge in [-0.05, 0) is 28.5 Å². The van der Waals surface area contributed by atoms with E-state index in [4.69, 9.17) is 21.1 Å². The molecule has 0 amide bonds. The van der Waals surface area contributed by atoms with Crippen molar-refractivity contribution in [3.8, 4) is 0 Å². The van der Waals surface area contributed by atoms with Gasteiger partial charge in [-0.15, -0.1) is 0 Å². The van der Waals surface area contributed by atoms with Crippen LogP contribution in [0, 0.1) is 5.82 Å². The smallest absolute Gasteiger partial charge is 0.147 e. The Kier molecular flexibility index (Phi) is 7.87. The lowest BCUT2D eigenvalue weighted by molar-refractivity contribution is 0.0583. The first kappa shape index (κ1) is 16.9. The molecule has 1 atom stereocenters. The van der Waals surface area contributed by atoms with Crippen LogP contribution in [0.4, 0.5) is 4.39 Å². The van der Waals surface area contributed by atoms with Gasteiger partial charge in [0.05, 0.1) is 30.9 Å². The van der Waals surface area contributed by atoms with Crippen LogP contribution in [0.15, 0.2) is 16.6 Å². The minimum Gasteiger partial charge on any atom is -0.382 e. The SMILES string of the molecule is CCNC(COCCOC)c1ccc(Br)c(Cl)c1F. The maximum Gasteiger partial charge on any atom is 0.147 e. The fraction of sp³-hybridized carbons (Fsp3) is 0.538. The average molecular weight is 355 g/mol. The zero-order chi connectivity index (χ0) is 14.3. The number of halogens is 3. The lowest BCUT2D eigenvalue weighted by Gasteiger charge is -2.19. The summed E-state index contributed by atoms with van der Waals surface area (Å²) in [7, 11) is 1.61. The molecule has 19 heavy (non-hydrogen) atoms. The molecule has 108 valence electrons. The van der Waals surface area contributed by atoms with Crippen molar-refractivity contribution in [3.63, 3.8) is 0 Å². The molecule has 0 heterocycles. The van der Waals surface area contributed by atoms with Crippen molar-refractivity contribution in [2.75, 3.05) is 33.5 Å². The van der Waals surface area contributed by atoms with Gasteiger partial charge in [-0.1, -0.05) is 24.6 Å². The second kappa shape index (κ2) is 8.87. The molecule has 0 spiro atoms. The third kappa shape index (κ3) is 5.00. The molecule has 0 aliphatic rings. The molecule has 0 fully saturated rings. The van der Waals surface area contributed by atoms with Crippen molar-refractivity contribution in [2.45, 2.75) is 13.0 Å². The number of methoxy groups -OCH3 is 1. The maximum absolute atomic E-state index is 14.1. The van der Waals surface area contributed by atoms with E-state index in [0.29, 0.717) is 36.4 Å². The molecule has 0 saturated heterocycles. The zero-order valence-corrected chi connectivity index (χ0v) is 13.4. The van der Waals surface area contributed by atoms with Crippen LogP contribution in [-0.4, -0.2) is 33.5 Å². The Hall–Kier alpha value is -0.200. The molecule has 1 N–H and O–H groups in total. The van der Waals surface area contributed by atoms with E-state index in [0.717, 1.165) is 0 Å². The Morgan fingerprint density at radius 1 is 1.42 bits per heavy atom. The van der Waals surface area contributed by atoms with Gasteiger partial charge in [0, 0.05) is 17.1 Å². The van der Waals surface area contributed by atoms with Gasteiger partial charge in [0.15, 0.2) is 0 Å². The Morgan fingerprint density at radius 2 is 2.16 bits per heavy atom. The van der Waals surface area contributed by atoms with Crippen LogP contribution in [0.1, 0.15) is 18.5 Å². The van der Waals surface area contributed by atoms with Crippen LogP contribution in [0.5, 0.6) is 0 Å². The number of ether oxygens (including phenoxy) is 2. The highest BCUT2D eigenvalue weighted by Gasteiger charge is 2.18. The fourth-order valence-corrected chi connectivity index (χ4v) is 2.14. The minimum atomic E-state index is -0.419. The monoisotopic (exact) mass is 353 g/mol. The number of rotatable bonds is 8. The lowest BCUT2D eigenvalue weighted by atomic mass is 10.1. The summed E-state index contributed by atoms with van der Waals surface area (Å²) in [5.41, 5.74) is 0.507. The van der Waals surface area contributed by atoms with Crippen LogP contribution >= 0.6 is 27.5 Å². The molecule has 1 aromatic carbocycles. The molecule has 1 rings (SSSR count). The van der Waals surface area contributed by atoms with Gasteiger partial charge >= 0.3 is 0 Å². The van der Waals surface area contributed by atoms with Gasteiger partial charge in [0.2, 0.25) is 0 Å². The van der Waals surface area contributed by atoms with Gasteiger partial charge in [-0.2, -0.15) is 0 Å². The van der Waals surface area contributed by atoms with Crippen molar-refractivity contribution >= 4 is 27.5 Å². The quantitative estimate of drug-likeness (QED) is 0.572. The summed E-state index contributed by atoms with van der Waals surface area (Å²) < 4.78 is 25.0. The van der Waals surface area contributed by atoms with E-state index in [9.17, 15) is 4.39 Å². The lowest BCUT2D eigenvalue weighted by Crippen LogP contribution is -2.27. The highest BCUT2D eigenvalue weighted by molar-refractivity contribution is 9.10. The number of nitrogens with one attached hydrogen (secondary N) is 1. The number of benzene rings is 1. The van der Waals surface area contributed by atoms with Gasteiger partial charge < -0.3 is 14.8 Å². The summed E-state index contributed by atoms with van der Waals surface area (Å²) in [5.74, 6) is -0.419. The molecule has 1 aromatic rings. The molecule has 0 radical (unpaired) electrons. The van der Waals surface area contributed by atoms with Crippen LogP contribution in [0.3, 0.4) is 0 Å². The van der Waals surface area contributed by atoms with Crippen LogP contribution < -0.4 is 5.32 Å². The third-order valence-corrected chi connectivity index (χ3v) is 3.87. The molecule has 6 heteroatoms. The topological polar surface area (TPSA) is 30.5 Å². The molecular weight excluding hydrogens is 337 g/mol. The second-order valence-corrected chi connectivity index (χ2v) is 5.17. The average Bonchev–Trinajstić information content (AvgIpc) is 2.40. The second-order valence-electron chi connectivity index (χ2n) is 3.94. The van der Waals surface area contributed by atoms with Gasteiger partial charge in [0.1, 0.15) is 5.82 Å². The van der Waals surface area contributed by atoms with E-state index >= 15 is 0 Å². The first-order valence-electron chi connectivity index (χ1n) is 6.05. The summed E-state index contributed by atoms with van der Waals surface area (Å²) in [5, 5.41) is 3.28. The van der Waals surface area contributed by atoms with Gasteiger partial charge in [-0.3, -0.25) is 0 Å². The highest BCUT2D eigenvalue weighted by Crippen LogP contribution is 2.30. The summed E-state index contributed by atoms with van der Waals surface area (Å²) in [6, 6.07) is 3.21. The van der Waals surface area contributed by atoms with E-state index in [1.54, 1.807) is 19.2 Å². The van der Waals surface area contributed by atoms with E-state index < -0.39 is 5.82 Å².